The van der Waals surface area contributed by atoms with Crippen LogP contribution in [0.25, 0.3) is 0 Å². The van der Waals surface area contributed by atoms with Crippen molar-refractivity contribution < 1.29 is 14.7 Å². The number of carbonyl (C=O) groups is 2. The molecule has 0 rings (SSSR count). The Morgan fingerprint density at radius 3 is 1.67 bits per heavy atom. The molecule has 0 saturated carbocycles. The Hall–Kier alpha value is -0.700. The maximum atomic E-state index is 10.6. The van der Waals surface area contributed by atoms with Crippen LogP contribution in [0.5, 0.6) is 0 Å². The van der Waals surface area contributed by atoms with Crippen molar-refractivity contribution in [1.82, 2.24) is 0 Å². The maximum Gasteiger partial charge on any atom is 0.228 e. The zero-order valence-corrected chi connectivity index (χ0v) is 5.76. The molecule has 0 aromatic rings. The van der Waals surface area contributed by atoms with Gasteiger partial charge in [-0.25, -0.2) is 0 Å². The summed E-state index contributed by atoms with van der Waals surface area (Å²) in [6, 6.07) is 0. The number of Topliss-reactive ketones (excluding diaryl/α,β-unsaturated/α-hetero) is 2. The topological polar surface area (TPSA) is 54.4 Å². The lowest BCUT2D eigenvalue weighted by molar-refractivity contribution is -0.145. The van der Waals surface area contributed by atoms with Gasteiger partial charge in [0.15, 0.2) is 5.78 Å². The molecule has 3 heteroatoms. The molecule has 0 aliphatic carbocycles. The van der Waals surface area contributed by atoms with Gasteiger partial charge < -0.3 is 5.11 Å². The summed E-state index contributed by atoms with van der Waals surface area (Å²) in [5, 5.41) is 8.89. The lowest BCUT2D eigenvalue weighted by Crippen LogP contribution is -2.35. The van der Waals surface area contributed by atoms with E-state index in [9.17, 15) is 9.59 Å². The SMILES string of the molecule is CC(=O)C(=O)C(C)(C)O. The van der Waals surface area contributed by atoms with E-state index in [2.05, 4.69) is 0 Å². The van der Waals surface area contributed by atoms with Gasteiger partial charge in [0, 0.05) is 6.92 Å². The maximum absolute atomic E-state index is 10.6. The minimum Gasteiger partial charge on any atom is -0.382 e. The Bertz CT molecular complexity index is 141. The van der Waals surface area contributed by atoms with Gasteiger partial charge in [0.25, 0.3) is 0 Å². The standard InChI is InChI=1S/C6H10O3/c1-4(7)5(8)6(2,3)9/h9H,1-3H3. The van der Waals surface area contributed by atoms with E-state index in [0.717, 1.165) is 6.92 Å². The first kappa shape index (κ1) is 8.30. The van der Waals surface area contributed by atoms with Crippen molar-refractivity contribution in [2.45, 2.75) is 26.4 Å². The molecule has 0 amide bonds. The minimum absolute atomic E-state index is 0.609. The average Bonchev–Trinajstić information content (AvgIpc) is 1.62. The van der Waals surface area contributed by atoms with Crippen LogP contribution in [0, 0.1) is 0 Å². The van der Waals surface area contributed by atoms with Crippen molar-refractivity contribution in [2.24, 2.45) is 0 Å². The summed E-state index contributed by atoms with van der Waals surface area (Å²) in [6.45, 7) is 3.72. The van der Waals surface area contributed by atoms with Crippen LogP contribution in [0.15, 0.2) is 0 Å². The number of hydrogen-bond donors (Lipinski definition) is 1. The molecule has 0 aromatic heterocycles. The second kappa shape index (κ2) is 2.27. The lowest BCUT2D eigenvalue weighted by Gasteiger charge is -2.11. The predicted molar refractivity (Wildman–Crippen MR) is 32.0 cm³/mol. The fourth-order valence-corrected chi connectivity index (χ4v) is 0.431. The van der Waals surface area contributed by atoms with Crippen LogP contribution < -0.4 is 0 Å². The summed E-state index contributed by atoms with van der Waals surface area (Å²) in [7, 11) is 0. The Kier molecular flexibility index (Phi) is 2.09. The molecule has 3 nitrogen and oxygen atoms in total. The van der Waals surface area contributed by atoms with Gasteiger partial charge in [-0.05, 0) is 13.8 Å². The molecule has 1 N–H and O–H groups in total. The molecule has 0 aromatic carbocycles. The molecule has 0 heterocycles. The number of aliphatic hydroxyl groups is 1. The summed E-state index contributed by atoms with van der Waals surface area (Å²) >= 11 is 0. The van der Waals surface area contributed by atoms with Gasteiger partial charge in [-0.2, -0.15) is 0 Å². The number of carbonyl (C=O) groups excluding carboxylic acids is 2. The van der Waals surface area contributed by atoms with Crippen LogP contribution in [0.3, 0.4) is 0 Å². The zero-order chi connectivity index (χ0) is 7.65. The van der Waals surface area contributed by atoms with Gasteiger partial charge in [-0.1, -0.05) is 0 Å². The predicted octanol–water partition coefficient (Wildman–Crippen LogP) is -0.0846. The first-order valence-electron chi connectivity index (χ1n) is 2.63. The highest BCUT2D eigenvalue weighted by Gasteiger charge is 2.26. The first-order valence-corrected chi connectivity index (χ1v) is 2.63. The molecule has 0 atom stereocenters. The van der Waals surface area contributed by atoms with Gasteiger partial charge in [-0.3, -0.25) is 9.59 Å². The summed E-state index contributed by atoms with van der Waals surface area (Å²) < 4.78 is 0. The van der Waals surface area contributed by atoms with Crippen molar-refractivity contribution in [2.75, 3.05) is 0 Å². The summed E-state index contributed by atoms with van der Waals surface area (Å²) in [5.74, 6) is -1.36. The minimum atomic E-state index is -1.51. The van der Waals surface area contributed by atoms with E-state index in [1.165, 1.54) is 13.8 Å². The summed E-state index contributed by atoms with van der Waals surface area (Å²) in [6.07, 6.45) is 0. The highest BCUT2D eigenvalue weighted by atomic mass is 16.3. The van der Waals surface area contributed by atoms with Gasteiger partial charge in [0.05, 0.1) is 0 Å². The largest absolute Gasteiger partial charge is 0.382 e. The fourth-order valence-electron chi connectivity index (χ4n) is 0.431. The fraction of sp³-hybridized carbons (Fsp3) is 0.667. The average molecular weight is 130 g/mol. The normalized spacial score (nSPS) is 11.1. The van der Waals surface area contributed by atoms with Crippen molar-refractivity contribution in [3.05, 3.63) is 0 Å². The summed E-state index contributed by atoms with van der Waals surface area (Å²) in [4.78, 5) is 20.8. The highest BCUT2D eigenvalue weighted by Crippen LogP contribution is 2.02. The van der Waals surface area contributed by atoms with Crippen LogP contribution in [-0.2, 0) is 9.59 Å². The number of ketones is 2. The van der Waals surface area contributed by atoms with E-state index in [1.54, 1.807) is 0 Å². The molecule has 0 aliphatic rings. The third-order valence-corrected chi connectivity index (χ3v) is 0.875. The molecule has 0 unspecified atom stereocenters. The van der Waals surface area contributed by atoms with Crippen LogP contribution in [0.4, 0.5) is 0 Å². The molecule has 0 aliphatic heterocycles. The van der Waals surface area contributed by atoms with Gasteiger partial charge in [0.1, 0.15) is 5.60 Å². The van der Waals surface area contributed by atoms with E-state index in [4.69, 9.17) is 5.11 Å². The van der Waals surface area contributed by atoms with Gasteiger partial charge in [0.2, 0.25) is 5.78 Å². The van der Waals surface area contributed by atoms with E-state index in [1.807, 2.05) is 0 Å². The Balaban J connectivity index is 4.23. The monoisotopic (exact) mass is 130 g/mol. The molecule has 0 radical (unpaired) electrons. The molecule has 52 valence electrons. The second-order valence-electron chi connectivity index (χ2n) is 2.44. The van der Waals surface area contributed by atoms with E-state index in [-0.39, 0.29) is 0 Å². The second-order valence-corrected chi connectivity index (χ2v) is 2.44. The van der Waals surface area contributed by atoms with E-state index in [0.29, 0.717) is 0 Å². The third kappa shape index (κ3) is 2.37. The number of hydrogen-bond acceptors (Lipinski definition) is 3. The molecule has 9 heavy (non-hydrogen) atoms. The van der Waals surface area contributed by atoms with E-state index >= 15 is 0 Å². The lowest BCUT2D eigenvalue weighted by atomic mass is 10.0. The van der Waals surface area contributed by atoms with Crippen molar-refractivity contribution >= 4 is 11.6 Å². The van der Waals surface area contributed by atoms with Crippen molar-refractivity contribution in [3.8, 4) is 0 Å². The quantitative estimate of drug-likeness (QED) is 0.532. The van der Waals surface area contributed by atoms with Gasteiger partial charge in [-0.15, -0.1) is 0 Å². The Labute approximate surface area is 53.7 Å². The van der Waals surface area contributed by atoms with Crippen LogP contribution >= 0.6 is 0 Å². The molecule has 0 saturated heterocycles. The Morgan fingerprint density at radius 1 is 1.33 bits per heavy atom. The summed E-state index contributed by atoms with van der Waals surface area (Å²) in [5.41, 5.74) is -1.51. The molecular weight excluding hydrogens is 120 g/mol. The first-order chi connectivity index (χ1) is 3.85. The number of rotatable bonds is 2. The van der Waals surface area contributed by atoms with Crippen molar-refractivity contribution in [1.29, 1.82) is 0 Å². The zero-order valence-electron chi connectivity index (χ0n) is 5.76. The smallest absolute Gasteiger partial charge is 0.228 e. The molecular formula is C6H10O3. The highest BCUT2D eigenvalue weighted by molar-refractivity contribution is 6.39. The van der Waals surface area contributed by atoms with Crippen LogP contribution in [0.1, 0.15) is 20.8 Å². The van der Waals surface area contributed by atoms with E-state index < -0.39 is 17.2 Å². The molecule has 0 spiro atoms. The molecule has 0 fully saturated rings. The van der Waals surface area contributed by atoms with Gasteiger partial charge >= 0.3 is 0 Å². The Morgan fingerprint density at radius 2 is 1.67 bits per heavy atom. The van der Waals surface area contributed by atoms with Crippen molar-refractivity contribution in [3.63, 3.8) is 0 Å². The molecule has 0 bridgehead atoms. The van der Waals surface area contributed by atoms with Crippen LogP contribution in [0.2, 0.25) is 0 Å². The van der Waals surface area contributed by atoms with Crippen LogP contribution in [-0.4, -0.2) is 22.3 Å². The third-order valence-electron chi connectivity index (χ3n) is 0.875.